The molecule has 1 aromatic heterocycles. The molecule has 2 aliphatic rings. The number of nitrogens with zero attached hydrogens (tertiary/aromatic N) is 3. The zero-order valence-electron chi connectivity index (χ0n) is 13.3. The van der Waals surface area contributed by atoms with E-state index in [1.807, 2.05) is 36.0 Å². The Morgan fingerprint density at radius 2 is 2.18 bits per heavy atom. The third kappa shape index (κ3) is 3.68. The summed E-state index contributed by atoms with van der Waals surface area (Å²) < 4.78 is 5.42. The van der Waals surface area contributed by atoms with Crippen molar-refractivity contribution in [1.82, 2.24) is 9.88 Å². The minimum absolute atomic E-state index is 0.0196. The van der Waals surface area contributed by atoms with E-state index in [0.29, 0.717) is 12.0 Å². The molecule has 0 aromatic carbocycles. The summed E-state index contributed by atoms with van der Waals surface area (Å²) in [5.41, 5.74) is 0.740. The normalized spacial score (nSPS) is 20.7. The van der Waals surface area contributed by atoms with Crippen molar-refractivity contribution in [2.24, 2.45) is 5.92 Å². The van der Waals surface area contributed by atoms with Gasteiger partial charge in [0, 0.05) is 39.2 Å². The van der Waals surface area contributed by atoms with Crippen LogP contribution in [0.25, 0.3) is 0 Å². The highest BCUT2D eigenvalue weighted by atomic mass is 16.5. The van der Waals surface area contributed by atoms with Crippen LogP contribution in [0.1, 0.15) is 19.3 Å². The first-order valence-electron chi connectivity index (χ1n) is 7.92. The van der Waals surface area contributed by atoms with Crippen LogP contribution >= 0.6 is 0 Å². The molecule has 3 rings (SSSR count). The highest BCUT2D eigenvalue weighted by Gasteiger charge is 2.34. The summed E-state index contributed by atoms with van der Waals surface area (Å²) in [6.45, 7) is 2.38. The Bertz CT molecular complexity index is 507. The van der Waals surface area contributed by atoms with Crippen molar-refractivity contribution >= 4 is 17.5 Å². The molecule has 6 heteroatoms. The first-order valence-corrected chi connectivity index (χ1v) is 7.92. The maximum atomic E-state index is 12.5. The number of carbonyl (C=O) groups is 1. The molecule has 1 atom stereocenters. The Labute approximate surface area is 131 Å². The van der Waals surface area contributed by atoms with Gasteiger partial charge < -0.3 is 19.9 Å². The van der Waals surface area contributed by atoms with E-state index in [1.54, 1.807) is 6.20 Å². The second kappa shape index (κ2) is 6.52. The lowest BCUT2D eigenvalue weighted by atomic mass is 10.1. The SMILES string of the molecule is CN(C)c1ccc(NC(=O)N(CC2CCOC2)C2CC2)cn1. The van der Waals surface area contributed by atoms with Crippen molar-refractivity contribution in [3.63, 3.8) is 0 Å². The van der Waals surface area contributed by atoms with Gasteiger partial charge in [-0.05, 0) is 31.4 Å². The smallest absolute Gasteiger partial charge is 0.322 e. The molecule has 120 valence electrons. The van der Waals surface area contributed by atoms with Gasteiger partial charge in [0.15, 0.2) is 0 Å². The molecule has 1 unspecified atom stereocenters. The Balaban J connectivity index is 1.60. The van der Waals surface area contributed by atoms with Gasteiger partial charge in [-0.1, -0.05) is 0 Å². The van der Waals surface area contributed by atoms with Gasteiger partial charge in [-0.2, -0.15) is 0 Å². The monoisotopic (exact) mass is 304 g/mol. The van der Waals surface area contributed by atoms with Gasteiger partial charge in [0.25, 0.3) is 0 Å². The zero-order chi connectivity index (χ0) is 15.5. The van der Waals surface area contributed by atoms with Crippen LogP contribution in [-0.4, -0.2) is 55.8 Å². The predicted octanol–water partition coefficient (Wildman–Crippen LogP) is 2.18. The minimum Gasteiger partial charge on any atom is -0.381 e. The summed E-state index contributed by atoms with van der Waals surface area (Å²) in [7, 11) is 3.89. The van der Waals surface area contributed by atoms with E-state index in [2.05, 4.69) is 10.3 Å². The van der Waals surface area contributed by atoms with Crippen LogP contribution < -0.4 is 10.2 Å². The number of rotatable bonds is 5. The fourth-order valence-corrected chi connectivity index (χ4v) is 2.71. The second-order valence-corrected chi connectivity index (χ2v) is 6.34. The van der Waals surface area contributed by atoms with Crippen LogP contribution in [0.3, 0.4) is 0 Å². The van der Waals surface area contributed by atoms with Crippen molar-refractivity contribution in [2.45, 2.75) is 25.3 Å². The maximum absolute atomic E-state index is 12.5. The van der Waals surface area contributed by atoms with Crippen molar-refractivity contribution in [3.8, 4) is 0 Å². The first-order chi connectivity index (χ1) is 10.6. The number of ether oxygens (including phenoxy) is 1. The standard InChI is InChI=1S/C16H24N4O2/c1-19(2)15-6-3-13(9-17-15)18-16(21)20(14-4-5-14)10-12-7-8-22-11-12/h3,6,9,12,14H,4-5,7-8,10-11H2,1-2H3,(H,18,21). The maximum Gasteiger partial charge on any atom is 0.322 e. The molecule has 1 aliphatic carbocycles. The van der Waals surface area contributed by atoms with Gasteiger partial charge in [0.1, 0.15) is 5.82 Å². The first kappa shape index (κ1) is 15.1. The number of pyridine rings is 1. The molecule has 2 heterocycles. The van der Waals surface area contributed by atoms with Crippen molar-refractivity contribution in [3.05, 3.63) is 18.3 Å². The summed E-state index contributed by atoms with van der Waals surface area (Å²) in [6, 6.07) is 4.18. The van der Waals surface area contributed by atoms with Gasteiger partial charge in [-0.25, -0.2) is 9.78 Å². The van der Waals surface area contributed by atoms with Crippen molar-refractivity contribution < 1.29 is 9.53 Å². The number of hydrogen-bond acceptors (Lipinski definition) is 4. The Morgan fingerprint density at radius 1 is 1.36 bits per heavy atom. The fourth-order valence-electron chi connectivity index (χ4n) is 2.71. The largest absolute Gasteiger partial charge is 0.381 e. The van der Waals surface area contributed by atoms with Crippen LogP contribution in [0, 0.1) is 5.92 Å². The lowest BCUT2D eigenvalue weighted by Crippen LogP contribution is -2.40. The molecular formula is C16H24N4O2. The summed E-state index contributed by atoms with van der Waals surface area (Å²) >= 11 is 0. The molecule has 1 N–H and O–H groups in total. The lowest BCUT2D eigenvalue weighted by molar-refractivity contribution is 0.167. The number of aromatic nitrogens is 1. The second-order valence-electron chi connectivity index (χ2n) is 6.34. The number of amides is 2. The highest BCUT2D eigenvalue weighted by molar-refractivity contribution is 5.89. The molecule has 1 saturated heterocycles. The summed E-state index contributed by atoms with van der Waals surface area (Å²) in [4.78, 5) is 20.8. The van der Waals surface area contributed by atoms with Gasteiger partial charge in [0.2, 0.25) is 0 Å². The highest BCUT2D eigenvalue weighted by Crippen LogP contribution is 2.29. The molecule has 2 fully saturated rings. The van der Waals surface area contributed by atoms with E-state index in [1.165, 1.54) is 0 Å². The number of anilines is 2. The van der Waals surface area contributed by atoms with Crippen LogP contribution in [-0.2, 0) is 4.74 Å². The molecule has 0 bridgehead atoms. The molecular weight excluding hydrogens is 280 g/mol. The van der Waals surface area contributed by atoms with E-state index in [0.717, 1.165) is 50.5 Å². The summed E-state index contributed by atoms with van der Waals surface area (Å²) in [6.07, 6.45) is 4.98. The molecule has 1 aliphatic heterocycles. The van der Waals surface area contributed by atoms with Gasteiger partial charge in [-0.3, -0.25) is 0 Å². The minimum atomic E-state index is -0.0196. The molecule has 2 amide bonds. The molecule has 6 nitrogen and oxygen atoms in total. The zero-order valence-corrected chi connectivity index (χ0v) is 13.3. The van der Waals surface area contributed by atoms with E-state index in [9.17, 15) is 4.79 Å². The topological polar surface area (TPSA) is 57.7 Å². The quantitative estimate of drug-likeness (QED) is 0.906. The van der Waals surface area contributed by atoms with E-state index in [4.69, 9.17) is 4.74 Å². The van der Waals surface area contributed by atoms with Crippen LogP contribution in [0.5, 0.6) is 0 Å². The van der Waals surface area contributed by atoms with Crippen LogP contribution in [0.4, 0.5) is 16.3 Å². The van der Waals surface area contributed by atoms with Gasteiger partial charge >= 0.3 is 6.03 Å². The van der Waals surface area contributed by atoms with Gasteiger partial charge in [-0.15, -0.1) is 0 Å². The molecule has 0 radical (unpaired) electrons. The number of nitrogens with one attached hydrogen (secondary N) is 1. The predicted molar refractivity (Wildman–Crippen MR) is 86.2 cm³/mol. The molecule has 0 spiro atoms. The summed E-state index contributed by atoms with van der Waals surface area (Å²) in [5.74, 6) is 1.35. The number of hydrogen-bond donors (Lipinski definition) is 1. The summed E-state index contributed by atoms with van der Waals surface area (Å²) in [5, 5.41) is 2.97. The number of urea groups is 1. The third-order valence-electron chi connectivity index (χ3n) is 4.18. The van der Waals surface area contributed by atoms with E-state index in [-0.39, 0.29) is 6.03 Å². The van der Waals surface area contributed by atoms with Crippen LogP contribution in [0.15, 0.2) is 18.3 Å². The fraction of sp³-hybridized carbons (Fsp3) is 0.625. The third-order valence-corrected chi connectivity index (χ3v) is 4.18. The average molecular weight is 304 g/mol. The molecule has 1 saturated carbocycles. The van der Waals surface area contributed by atoms with E-state index < -0.39 is 0 Å². The van der Waals surface area contributed by atoms with Crippen molar-refractivity contribution in [2.75, 3.05) is 44.1 Å². The molecule has 1 aromatic rings. The van der Waals surface area contributed by atoms with E-state index >= 15 is 0 Å². The average Bonchev–Trinajstić information content (AvgIpc) is 3.21. The number of carbonyl (C=O) groups excluding carboxylic acids is 1. The Morgan fingerprint density at radius 3 is 2.73 bits per heavy atom. The van der Waals surface area contributed by atoms with Crippen LogP contribution in [0.2, 0.25) is 0 Å². The van der Waals surface area contributed by atoms with Gasteiger partial charge in [0.05, 0.1) is 18.5 Å². The van der Waals surface area contributed by atoms with Crippen molar-refractivity contribution in [1.29, 1.82) is 0 Å². The molecule has 22 heavy (non-hydrogen) atoms. The Kier molecular flexibility index (Phi) is 4.47. The lowest BCUT2D eigenvalue weighted by Gasteiger charge is -2.25. The Hall–Kier alpha value is -1.82.